The third kappa shape index (κ3) is 4.70. The molecule has 1 fully saturated rings. The first kappa shape index (κ1) is 16.8. The second-order valence-corrected chi connectivity index (χ2v) is 4.47. The van der Waals surface area contributed by atoms with Crippen LogP contribution < -0.4 is 10.6 Å². The van der Waals surface area contributed by atoms with Crippen LogP contribution >= 0.6 is 12.4 Å². The lowest BCUT2D eigenvalue weighted by molar-refractivity contribution is 0.0943. The quantitative estimate of drug-likeness (QED) is 0.873. The molecule has 1 heterocycles. The summed E-state index contributed by atoms with van der Waals surface area (Å²) in [5, 5.41) is 5.88. The minimum absolute atomic E-state index is 0. The summed E-state index contributed by atoms with van der Waals surface area (Å²) in [6.45, 7) is 4.97. The van der Waals surface area contributed by atoms with Crippen molar-refractivity contribution in [1.82, 2.24) is 15.5 Å². The van der Waals surface area contributed by atoms with Crippen molar-refractivity contribution in [3.8, 4) is 0 Å². The summed E-state index contributed by atoms with van der Waals surface area (Å²) in [5.41, 5.74) is -0.123. The maximum atomic E-state index is 13.4. The SMILES string of the molecule is Cl.O=C(NCCN1CCNCC1)c1ccc(F)cc1F. The molecule has 1 amide bonds. The summed E-state index contributed by atoms with van der Waals surface area (Å²) in [7, 11) is 0. The molecule has 0 atom stereocenters. The zero-order valence-corrected chi connectivity index (χ0v) is 11.8. The highest BCUT2D eigenvalue weighted by Gasteiger charge is 2.13. The van der Waals surface area contributed by atoms with Gasteiger partial charge in [-0.05, 0) is 12.1 Å². The molecule has 0 saturated carbocycles. The Bertz CT molecular complexity index is 453. The van der Waals surface area contributed by atoms with Gasteiger partial charge >= 0.3 is 0 Å². The molecule has 20 heavy (non-hydrogen) atoms. The van der Waals surface area contributed by atoms with Gasteiger partial charge < -0.3 is 10.6 Å². The number of halogens is 3. The Morgan fingerprint density at radius 2 is 2.00 bits per heavy atom. The predicted octanol–water partition coefficient (Wildman–Crippen LogP) is 1.02. The zero-order chi connectivity index (χ0) is 13.7. The van der Waals surface area contributed by atoms with Gasteiger partial charge in [0.05, 0.1) is 5.56 Å². The second-order valence-electron chi connectivity index (χ2n) is 4.47. The van der Waals surface area contributed by atoms with E-state index in [1.54, 1.807) is 0 Å². The molecule has 1 saturated heterocycles. The number of nitrogens with one attached hydrogen (secondary N) is 2. The summed E-state index contributed by atoms with van der Waals surface area (Å²) in [4.78, 5) is 13.9. The van der Waals surface area contributed by atoms with Gasteiger partial charge in [0.2, 0.25) is 0 Å². The fraction of sp³-hybridized carbons (Fsp3) is 0.462. The van der Waals surface area contributed by atoms with E-state index in [1.807, 2.05) is 0 Å². The summed E-state index contributed by atoms with van der Waals surface area (Å²) >= 11 is 0. The van der Waals surface area contributed by atoms with Crippen LogP contribution in [-0.2, 0) is 0 Å². The summed E-state index contributed by atoms with van der Waals surface area (Å²) < 4.78 is 26.1. The fourth-order valence-electron chi connectivity index (χ4n) is 2.03. The van der Waals surface area contributed by atoms with Crippen LogP contribution in [0.2, 0.25) is 0 Å². The number of hydrogen-bond acceptors (Lipinski definition) is 3. The van der Waals surface area contributed by atoms with Crippen LogP contribution in [0.1, 0.15) is 10.4 Å². The van der Waals surface area contributed by atoms with Crippen molar-refractivity contribution < 1.29 is 13.6 Å². The third-order valence-electron chi connectivity index (χ3n) is 3.10. The molecule has 1 aromatic carbocycles. The highest BCUT2D eigenvalue weighted by molar-refractivity contribution is 5.94. The van der Waals surface area contributed by atoms with Crippen molar-refractivity contribution in [3.05, 3.63) is 35.4 Å². The van der Waals surface area contributed by atoms with E-state index in [0.717, 1.165) is 44.9 Å². The van der Waals surface area contributed by atoms with Crippen LogP contribution in [0.3, 0.4) is 0 Å². The van der Waals surface area contributed by atoms with E-state index >= 15 is 0 Å². The minimum atomic E-state index is -0.834. The van der Waals surface area contributed by atoms with Crippen molar-refractivity contribution in [2.75, 3.05) is 39.3 Å². The highest BCUT2D eigenvalue weighted by atomic mass is 35.5. The largest absolute Gasteiger partial charge is 0.351 e. The summed E-state index contributed by atoms with van der Waals surface area (Å²) in [5.74, 6) is -2.03. The molecular formula is C13H18ClF2N3O. The van der Waals surface area contributed by atoms with E-state index in [9.17, 15) is 13.6 Å². The minimum Gasteiger partial charge on any atom is -0.351 e. The van der Waals surface area contributed by atoms with Crippen LogP contribution in [0.5, 0.6) is 0 Å². The number of benzene rings is 1. The van der Waals surface area contributed by atoms with E-state index in [2.05, 4.69) is 15.5 Å². The molecule has 0 aromatic heterocycles. The van der Waals surface area contributed by atoms with Crippen molar-refractivity contribution in [3.63, 3.8) is 0 Å². The Balaban J connectivity index is 0.00000200. The van der Waals surface area contributed by atoms with Crippen molar-refractivity contribution in [2.45, 2.75) is 0 Å². The lowest BCUT2D eigenvalue weighted by atomic mass is 10.2. The van der Waals surface area contributed by atoms with Crippen LogP contribution in [0.25, 0.3) is 0 Å². The zero-order valence-electron chi connectivity index (χ0n) is 11.0. The Morgan fingerprint density at radius 1 is 1.30 bits per heavy atom. The normalized spacial score (nSPS) is 15.5. The van der Waals surface area contributed by atoms with E-state index < -0.39 is 17.5 Å². The molecule has 7 heteroatoms. The fourth-order valence-corrected chi connectivity index (χ4v) is 2.03. The van der Waals surface area contributed by atoms with E-state index in [1.165, 1.54) is 0 Å². The first-order valence-electron chi connectivity index (χ1n) is 6.33. The van der Waals surface area contributed by atoms with E-state index in [4.69, 9.17) is 0 Å². The molecule has 0 bridgehead atoms. The predicted molar refractivity (Wildman–Crippen MR) is 75.2 cm³/mol. The molecule has 0 radical (unpaired) electrons. The maximum absolute atomic E-state index is 13.4. The van der Waals surface area contributed by atoms with Crippen LogP contribution in [0.15, 0.2) is 18.2 Å². The molecule has 112 valence electrons. The van der Waals surface area contributed by atoms with Crippen LogP contribution in [0.4, 0.5) is 8.78 Å². The first-order valence-corrected chi connectivity index (χ1v) is 6.33. The van der Waals surface area contributed by atoms with Crippen LogP contribution in [-0.4, -0.2) is 50.1 Å². The number of amides is 1. The van der Waals surface area contributed by atoms with Crippen molar-refractivity contribution in [2.24, 2.45) is 0 Å². The van der Waals surface area contributed by atoms with E-state index in [0.29, 0.717) is 12.6 Å². The van der Waals surface area contributed by atoms with Gasteiger partial charge in [-0.2, -0.15) is 0 Å². The Kier molecular flexibility index (Phi) is 6.84. The Morgan fingerprint density at radius 3 is 2.65 bits per heavy atom. The highest BCUT2D eigenvalue weighted by Crippen LogP contribution is 2.09. The molecule has 0 aliphatic carbocycles. The van der Waals surface area contributed by atoms with Crippen LogP contribution in [0, 0.1) is 11.6 Å². The number of piperazine rings is 1. The molecule has 2 N–H and O–H groups in total. The number of rotatable bonds is 4. The van der Waals surface area contributed by atoms with Gasteiger partial charge in [-0.3, -0.25) is 9.69 Å². The number of carbonyl (C=O) groups is 1. The number of hydrogen-bond donors (Lipinski definition) is 2. The van der Waals surface area contributed by atoms with E-state index in [-0.39, 0.29) is 18.0 Å². The van der Waals surface area contributed by atoms with Gasteiger partial charge in [-0.1, -0.05) is 0 Å². The number of carbonyl (C=O) groups excluding carboxylic acids is 1. The summed E-state index contributed by atoms with van der Waals surface area (Å²) in [6, 6.07) is 2.95. The second kappa shape index (κ2) is 8.14. The van der Waals surface area contributed by atoms with Gasteiger partial charge in [-0.25, -0.2) is 8.78 Å². The molecule has 1 aliphatic heterocycles. The molecule has 0 unspecified atom stereocenters. The molecule has 1 aromatic rings. The van der Waals surface area contributed by atoms with Crippen molar-refractivity contribution >= 4 is 18.3 Å². The van der Waals surface area contributed by atoms with Gasteiger partial charge in [0.15, 0.2) is 0 Å². The molecule has 0 spiro atoms. The lowest BCUT2D eigenvalue weighted by Crippen LogP contribution is -2.46. The van der Waals surface area contributed by atoms with Gasteiger partial charge in [0.25, 0.3) is 5.91 Å². The molecule has 4 nitrogen and oxygen atoms in total. The summed E-state index contributed by atoms with van der Waals surface area (Å²) in [6.07, 6.45) is 0. The standard InChI is InChI=1S/C13H17F2N3O.ClH/c14-10-1-2-11(12(15)9-10)13(19)17-5-8-18-6-3-16-4-7-18;/h1-2,9,16H,3-8H2,(H,17,19);1H. The molecular weight excluding hydrogens is 288 g/mol. The number of nitrogens with zero attached hydrogens (tertiary/aromatic N) is 1. The third-order valence-corrected chi connectivity index (χ3v) is 3.10. The average Bonchev–Trinajstić information content (AvgIpc) is 2.39. The van der Waals surface area contributed by atoms with Gasteiger partial charge in [-0.15, -0.1) is 12.4 Å². The first-order chi connectivity index (χ1) is 9.16. The monoisotopic (exact) mass is 305 g/mol. The average molecular weight is 306 g/mol. The topological polar surface area (TPSA) is 44.4 Å². The van der Waals surface area contributed by atoms with Gasteiger partial charge in [0.1, 0.15) is 11.6 Å². The van der Waals surface area contributed by atoms with Crippen molar-refractivity contribution in [1.29, 1.82) is 0 Å². The molecule has 1 aliphatic rings. The maximum Gasteiger partial charge on any atom is 0.254 e. The van der Waals surface area contributed by atoms with Gasteiger partial charge in [0, 0.05) is 45.3 Å². The molecule has 2 rings (SSSR count). The Labute approximate surface area is 122 Å². The lowest BCUT2D eigenvalue weighted by Gasteiger charge is -2.27. The smallest absolute Gasteiger partial charge is 0.254 e. The Hall–Kier alpha value is -1.24.